The minimum Gasteiger partial charge on any atom is -0.462 e. The number of pyridine rings is 1. The number of oxime groups is 1. The van der Waals surface area contributed by atoms with Gasteiger partial charge in [-0.15, -0.1) is 0 Å². The number of aliphatic hydroxyl groups excluding tert-OH is 4. The number of carbonyl (C=O) groups excluding carboxylic acids is 1. The van der Waals surface area contributed by atoms with Gasteiger partial charge in [0.15, 0.2) is 6.29 Å². The second kappa shape index (κ2) is 24.3. The van der Waals surface area contributed by atoms with Gasteiger partial charge in [0, 0.05) is 42.4 Å². The van der Waals surface area contributed by atoms with Crippen LogP contribution >= 0.6 is 0 Å². The maximum Gasteiger partial charge on any atom is 0.308 e. The fourth-order valence-corrected chi connectivity index (χ4v) is 10.1. The largest absolute Gasteiger partial charge is 0.462 e. The molecule has 0 saturated carbocycles. The number of esters is 1. The van der Waals surface area contributed by atoms with Crippen LogP contribution in [-0.2, 0) is 30.3 Å². The van der Waals surface area contributed by atoms with E-state index in [4.69, 9.17) is 24.2 Å². The van der Waals surface area contributed by atoms with Gasteiger partial charge in [0.2, 0.25) is 0 Å². The van der Waals surface area contributed by atoms with Gasteiger partial charge in [0.25, 0.3) is 0 Å². The number of nitrogens with zero attached hydrogens (tertiary/aromatic N) is 4. The second-order valence-electron chi connectivity index (χ2n) is 19.3. The molecule has 3 unspecified atom stereocenters. The summed E-state index contributed by atoms with van der Waals surface area (Å²) in [7, 11) is 3.61. The zero-order valence-electron chi connectivity index (χ0n) is 39.4. The Labute approximate surface area is 376 Å². The smallest absolute Gasteiger partial charge is 0.308 e. The molecule has 0 radical (unpaired) electrons. The molecule has 2 saturated heterocycles. The molecular weight excluding hydrogens is 801 g/mol. The number of hydrogen-bond donors (Lipinski definition) is 4. The Bertz CT molecular complexity index is 1810. The minimum absolute atomic E-state index is 0.149. The molecule has 2 aromatic rings. The number of likely N-dealkylation sites (N-methyl/N-ethyl adjacent to an activating group) is 1. The summed E-state index contributed by atoms with van der Waals surface area (Å²) in [6, 6.07) is 9.68. The average molecular weight is 879 g/mol. The summed E-state index contributed by atoms with van der Waals surface area (Å²) in [5.41, 5.74) is 3.78. The molecule has 14 atom stereocenters. The third kappa shape index (κ3) is 14.4. The minimum atomic E-state index is -1.20. The van der Waals surface area contributed by atoms with E-state index >= 15 is 0 Å². The molecule has 2 fully saturated rings. The van der Waals surface area contributed by atoms with Crippen LogP contribution in [0.25, 0.3) is 10.9 Å². The number of piperidine rings is 1. The molecule has 63 heavy (non-hydrogen) atoms. The summed E-state index contributed by atoms with van der Waals surface area (Å²) in [5.74, 6) is -0.835. The molecular formula is C50H78N4O9. The standard InChI is InChI=1S/C50H78N4O9/c1-10-44-40(30-55)24-31(2)15-17-41(52-60-22-12-13-37-16-18-42-38(26-37)14-11-20-51-42)34(5)25-39(19-21-54-28-32(3)23-33(4)29-54)49(35(6)43(56)27-45(57)62-44)63-50-48(59)46(53(8)9)47(58)36(7)61-50/h11,14-18,20,24,26,32-36,39-40,43-44,46-50,55-56,58-59H,10,12-13,19,21-23,25,27-30H2,1-9H3/b17-15+,31-24+,52-41-/t32?,33?,34-,35+,36-,39+,40?,43-,44-,46+,47-,48+,49-,50+/m1/s1. The van der Waals surface area contributed by atoms with Crippen molar-refractivity contribution in [2.75, 3.05) is 46.9 Å². The quantitative estimate of drug-likeness (QED) is 0.103. The molecule has 13 heteroatoms. The van der Waals surface area contributed by atoms with E-state index in [-0.39, 0.29) is 24.9 Å². The van der Waals surface area contributed by atoms with Crippen molar-refractivity contribution in [1.82, 2.24) is 14.8 Å². The third-order valence-electron chi connectivity index (χ3n) is 13.5. The van der Waals surface area contributed by atoms with Gasteiger partial charge in [0.05, 0.1) is 54.7 Å². The molecule has 4 heterocycles. The SMILES string of the molecule is CC[C@H]1OC(=O)C[C@@H](O)[C@H](C)[C@@H](O[C@@H]2O[C@H](C)[C@@H](O)[C@H](N(C)C)[C@@H]2O)[C@@H](CCN2CC(C)CC(C)C2)C[C@@H](C)C(=N\OCCCc2ccc3ncccc3c2)/C=C/C(C)=C/C1CO. The van der Waals surface area contributed by atoms with Crippen molar-refractivity contribution in [3.63, 3.8) is 0 Å². The van der Waals surface area contributed by atoms with Crippen molar-refractivity contribution in [2.24, 2.45) is 40.7 Å². The molecule has 0 amide bonds. The van der Waals surface area contributed by atoms with Crippen LogP contribution in [0.3, 0.4) is 0 Å². The fourth-order valence-electron chi connectivity index (χ4n) is 10.1. The summed E-state index contributed by atoms with van der Waals surface area (Å²) >= 11 is 0. The third-order valence-corrected chi connectivity index (χ3v) is 13.5. The molecule has 0 aliphatic carbocycles. The van der Waals surface area contributed by atoms with Gasteiger partial charge in [-0.1, -0.05) is 69.6 Å². The van der Waals surface area contributed by atoms with E-state index in [1.54, 1.807) is 32.1 Å². The van der Waals surface area contributed by atoms with Crippen LogP contribution in [0.2, 0.25) is 0 Å². The number of aromatic nitrogens is 1. The number of benzene rings is 1. The highest BCUT2D eigenvalue weighted by Crippen LogP contribution is 2.36. The van der Waals surface area contributed by atoms with Gasteiger partial charge >= 0.3 is 5.97 Å². The Hall–Kier alpha value is -3.27. The number of allylic oxidation sites excluding steroid dienone is 3. The molecule has 4 N–H and O–H groups in total. The lowest BCUT2D eigenvalue weighted by Crippen LogP contribution is -2.63. The highest BCUT2D eigenvalue weighted by atomic mass is 16.7. The lowest BCUT2D eigenvalue weighted by molar-refractivity contribution is -0.304. The van der Waals surface area contributed by atoms with Crippen molar-refractivity contribution in [2.45, 2.75) is 142 Å². The van der Waals surface area contributed by atoms with Crippen molar-refractivity contribution in [3.05, 3.63) is 65.9 Å². The molecule has 0 spiro atoms. The number of rotatable bonds is 13. The predicted octanol–water partition coefficient (Wildman–Crippen LogP) is 6.17. The van der Waals surface area contributed by atoms with E-state index in [1.165, 1.54) is 12.0 Å². The van der Waals surface area contributed by atoms with Gasteiger partial charge in [-0.05, 0) is 121 Å². The molecule has 1 aromatic carbocycles. The normalized spacial score (nSPS) is 36.5. The van der Waals surface area contributed by atoms with Crippen LogP contribution in [0.4, 0.5) is 0 Å². The number of ether oxygens (including phenoxy) is 3. The topological polar surface area (TPSA) is 167 Å². The second-order valence-corrected chi connectivity index (χ2v) is 19.3. The Kier molecular flexibility index (Phi) is 19.6. The maximum atomic E-state index is 13.6. The first-order chi connectivity index (χ1) is 30.1. The fraction of sp³-hybridized carbons (Fsp3) is 0.700. The molecule has 5 rings (SSSR count). The molecule has 352 valence electrons. The number of hydrogen-bond acceptors (Lipinski definition) is 13. The Morgan fingerprint density at radius 1 is 1.00 bits per heavy atom. The van der Waals surface area contributed by atoms with Crippen LogP contribution in [0, 0.1) is 35.5 Å². The molecule has 3 aliphatic heterocycles. The van der Waals surface area contributed by atoms with Crippen molar-refractivity contribution in [1.29, 1.82) is 0 Å². The van der Waals surface area contributed by atoms with Crippen LogP contribution in [0.1, 0.15) is 92.6 Å². The summed E-state index contributed by atoms with van der Waals surface area (Å²) < 4.78 is 19.1. The molecule has 1 aromatic heterocycles. The van der Waals surface area contributed by atoms with E-state index < -0.39 is 66.8 Å². The first kappa shape index (κ1) is 50.7. The Morgan fingerprint density at radius 2 is 1.75 bits per heavy atom. The summed E-state index contributed by atoms with van der Waals surface area (Å²) in [5, 5.41) is 51.1. The van der Waals surface area contributed by atoms with E-state index in [2.05, 4.69) is 48.9 Å². The van der Waals surface area contributed by atoms with Crippen LogP contribution in [0.5, 0.6) is 0 Å². The predicted molar refractivity (Wildman–Crippen MR) is 247 cm³/mol. The molecule has 13 nitrogen and oxygen atoms in total. The maximum absolute atomic E-state index is 13.6. The zero-order valence-corrected chi connectivity index (χ0v) is 39.4. The van der Waals surface area contributed by atoms with Gasteiger partial charge < -0.3 is 49.3 Å². The number of aryl methyl sites for hydroxylation is 1. The number of aliphatic hydroxyl groups is 4. The lowest BCUT2D eigenvalue weighted by Gasteiger charge is -2.47. The van der Waals surface area contributed by atoms with E-state index in [0.29, 0.717) is 37.7 Å². The van der Waals surface area contributed by atoms with Crippen LogP contribution < -0.4 is 0 Å². The molecule has 3 aliphatic rings. The van der Waals surface area contributed by atoms with Gasteiger partial charge in [0.1, 0.15) is 18.8 Å². The number of carbonyl (C=O) groups is 1. The van der Waals surface area contributed by atoms with Crippen molar-refractivity contribution in [3.8, 4) is 0 Å². The van der Waals surface area contributed by atoms with E-state index in [1.807, 2.05) is 51.1 Å². The number of likely N-dealkylation sites (tertiary alicyclic amines) is 1. The van der Waals surface area contributed by atoms with Gasteiger partial charge in [-0.25, -0.2) is 0 Å². The van der Waals surface area contributed by atoms with Crippen molar-refractivity contribution < 1.29 is 44.3 Å². The van der Waals surface area contributed by atoms with Crippen LogP contribution in [-0.4, -0.2) is 143 Å². The van der Waals surface area contributed by atoms with Gasteiger partial charge in [-0.2, -0.15) is 0 Å². The number of cyclic esters (lactones) is 1. The Balaban J connectivity index is 1.50. The lowest BCUT2D eigenvalue weighted by atomic mass is 9.79. The Morgan fingerprint density at radius 3 is 2.44 bits per heavy atom. The first-order valence-corrected chi connectivity index (χ1v) is 23.5. The van der Waals surface area contributed by atoms with Gasteiger partial charge in [-0.3, -0.25) is 9.78 Å². The van der Waals surface area contributed by atoms with E-state index in [9.17, 15) is 25.2 Å². The summed E-state index contributed by atoms with van der Waals surface area (Å²) in [6.45, 7) is 17.2. The number of fused-ring (bicyclic) bond motifs is 1. The first-order valence-electron chi connectivity index (χ1n) is 23.5. The van der Waals surface area contributed by atoms with Crippen molar-refractivity contribution >= 4 is 22.6 Å². The summed E-state index contributed by atoms with van der Waals surface area (Å²) in [4.78, 5) is 28.4. The van der Waals surface area contributed by atoms with Crippen LogP contribution in [0.15, 0.2) is 65.5 Å². The highest BCUT2D eigenvalue weighted by Gasteiger charge is 2.47. The summed E-state index contributed by atoms with van der Waals surface area (Å²) in [6.07, 6.45) is 5.58. The van der Waals surface area contributed by atoms with E-state index in [0.717, 1.165) is 54.7 Å². The monoisotopic (exact) mass is 879 g/mol. The molecule has 0 bridgehead atoms. The average Bonchev–Trinajstić information content (AvgIpc) is 3.24. The highest BCUT2D eigenvalue weighted by molar-refractivity contribution is 5.96. The zero-order chi connectivity index (χ0) is 45.8.